The zero-order valence-corrected chi connectivity index (χ0v) is 31.7. The lowest BCUT2D eigenvalue weighted by Crippen LogP contribution is -2.40. The summed E-state index contributed by atoms with van der Waals surface area (Å²) in [6.07, 6.45) is 7.37. The third kappa shape index (κ3) is 7.89. The second-order valence-corrected chi connectivity index (χ2v) is 15.3. The Balaban J connectivity index is 1.13. The molecule has 15 nitrogen and oxygen atoms in total. The van der Waals surface area contributed by atoms with Crippen molar-refractivity contribution in [3.05, 3.63) is 96.1 Å². The number of morpholine rings is 2. The highest BCUT2D eigenvalue weighted by atomic mass is 32.2. The van der Waals surface area contributed by atoms with Crippen LogP contribution in [-0.4, -0.2) is 111 Å². The zero-order chi connectivity index (χ0) is 37.8. The maximum atomic E-state index is 13.6. The van der Waals surface area contributed by atoms with Crippen molar-refractivity contribution in [2.24, 2.45) is 0 Å². The summed E-state index contributed by atoms with van der Waals surface area (Å²) in [5.74, 6) is 3.43. The van der Waals surface area contributed by atoms with Crippen LogP contribution < -0.4 is 24.2 Å². The zero-order valence-electron chi connectivity index (χ0n) is 30.9. The fourth-order valence-electron chi connectivity index (χ4n) is 6.98. The van der Waals surface area contributed by atoms with E-state index in [0.29, 0.717) is 102 Å². The van der Waals surface area contributed by atoms with Gasteiger partial charge in [-0.25, -0.2) is 23.4 Å². The van der Waals surface area contributed by atoms with Crippen LogP contribution in [0.2, 0.25) is 0 Å². The van der Waals surface area contributed by atoms with E-state index in [4.69, 9.17) is 38.9 Å². The number of aromatic nitrogens is 5. The average molecular weight is 766 g/mol. The van der Waals surface area contributed by atoms with Crippen molar-refractivity contribution in [2.75, 3.05) is 88.1 Å². The summed E-state index contributed by atoms with van der Waals surface area (Å²) >= 11 is 0. The largest absolute Gasteiger partial charge is 0.497 e. The molecule has 3 aliphatic heterocycles. The minimum Gasteiger partial charge on any atom is -0.497 e. The molecule has 6 heterocycles. The first-order valence-corrected chi connectivity index (χ1v) is 19.7. The molecule has 0 spiro atoms. The van der Waals surface area contributed by atoms with Gasteiger partial charge >= 0.3 is 0 Å². The number of ether oxygens (including phenoxy) is 4. The Hall–Kier alpha value is -5.42. The van der Waals surface area contributed by atoms with Gasteiger partial charge in [0, 0.05) is 75.5 Å². The molecule has 0 N–H and O–H groups in total. The van der Waals surface area contributed by atoms with E-state index in [1.807, 2.05) is 65.8 Å². The molecule has 286 valence electrons. The summed E-state index contributed by atoms with van der Waals surface area (Å²) in [5, 5.41) is 0. The number of rotatable bonds is 12. The van der Waals surface area contributed by atoms with Gasteiger partial charge in [0.15, 0.2) is 0 Å². The summed E-state index contributed by atoms with van der Waals surface area (Å²) in [7, 11) is -0.435. The standard InChI is InChI=1S/C39H43N9O6S/c1-51-32-7-3-28(4-8-32)26-46(27-29-5-9-33(52-2)10-6-29)38-41-22-30(23-42-38)36-35-11-12-48(37(35)44-39(43-36)45-13-17-53-18-14-45)31-21-34(25-40-24-31)55(49,50)47-15-19-54-20-16-47/h3-10,21-25H,11-20,26-27H2,1-2H3. The Morgan fingerprint density at radius 1 is 0.745 bits per heavy atom. The summed E-state index contributed by atoms with van der Waals surface area (Å²) in [6.45, 7) is 5.49. The van der Waals surface area contributed by atoms with E-state index in [-0.39, 0.29) is 4.90 Å². The predicted octanol–water partition coefficient (Wildman–Crippen LogP) is 4.10. The molecule has 2 saturated heterocycles. The highest BCUT2D eigenvalue weighted by Crippen LogP contribution is 2.40. The van der Waals surface area contributed by atoms with Crippen molar-refractivity contribution in [3.63, 3.8) is 0 Å². The molecule has 5 aromatic rings. The van der Waals surface area contributed by atoms with Gasteiger partial charge in [-0.3, -0.25) is 4.98 Å². The van der Waals surface area contributed by atoms with Crippen LogP contribution in [-0.2, 0) is 39.0 Å². The first kappa shape index (κ1) is 36.6. The van der Waals surface area contributed by atoms with E-state index >= 15 is 0 Å². The minimum atomic E-state index is -3.75. The average Bonchev–Trinajstić information content (AvgIpc) is 3.69. The van der Waals surface area contributed by atoms with Crippen LogP contribution in [0, 0.1) is 0 Å². The van der Waals surface area contributed by atoms with Crippen molar-refractivity contribution in [2.45, 2.75) is 24.4 Å². The molecule has 55 heavy (non-hydrogen) atoms. The van der Waals surface area contributed by atoms with Crippen LogP contribution in [0.15, 0.2) is 84.3 Å². The maximum absolute atomic E-state index is 13.6. The highest BCUT2D eigenvalue weighted by Gasteiger charge is 2.32. The fourth-order valence-corrected chi connectivity index (χ4v) is 8.37. The number of pyridine rings is 1. The lowest BCUT2D eigenvalue weighted by atomic mass is 10.1. The number of sulfonamides is 1. The van der Waals surface area contributed by atoms with Crippen molar-refractivity contribution >= 4 is 33.4 Å². The molecule has 16 heteroatoms. The van der Waals surface area contributed by atoms with E-state index in [0.717, 1.165) is 39.4 Å². The molecule has 0 atom stereocenters. The topological polar surface area (TPSA) is 148 Å². The molecule has 0 radical (unpaired) electrons. The lowest BCUT2D eigenvalue weighted by molar-refractivity contribution is 0.0730. The first-order chi connectivity index (χ1) is 26.9. The number of methoxy groups -OCH3 is 2. The summed E-state index contributed by atoms with van der Waals surface area (Å²) < 4.78 is 50.4. The predicted molar refractivity (Wildman–Crippen MR) is 206 cm³/mol. The Bertz CT molecular complexity index is 2150. The van der Waals surface area contributed by atoms with E-state index < -0.39 is 10.0 Å². The van der Waals surface area contributed by atoms with E-state index in [1.165, 1.54) is 10.5 Å². The number of anilines is 4. The third-order valence-electron chi connectivity index (χ3n) is 9.99. The third-order valence-corrected chi connectivity index (χ3v) is 11.9. The Morgan fingerprint density at radius 3 is 1.95 bits per heavy atom. The smallest absolute Gasteiger partial charge is 0.244 e. The van der Waals surface area contributed by atoms with Gasteiger partial charge in [0.05, 0.1) is 58.2 Å². The van der Waals surface area contributed by atoms with Crippen LogP contribution in [0.25, 0.3) is 11.3 Å². The van der Waals surface area contributed by atoms with Crippen molar-refractivity contribution in [3.8, 4) is 22.8 Å². The molecule has 0 amide bonds. The molecule has 2 aromatic carbocycles. The monoisotopic (exact) mass is 765 g/mol. The first-order valence-electron chi connectivity index (χ1n) is 18.3. The van der Waals surface area contributed by atoms with Gasteiger partial charge < -0.3 is 33.6 Å². The van der Waals surface area contributed by atoms with Gasteiger partial charge in [0.2, 0.25) is 21.9 Å². The van der Waals surface area contributed by atoms with E-state index in [9.17, 15) is 8.42 Å². The highest BCUT2D eigenvalue weighted by molar-refractivity contribution is 7.89. The van der Waals surface area contributed by atoms with Gasteiger partial charge in [-0.15, -0.1) is 0 Å². The molecule has 2 fully saturated rings. The Labute approximate surface area is 320 Å². The number of hydrogen-bond acceptors (Lipinski definition) is 14. The summed E-state index contributed by atoms with van der Waals surface area (Å²) in [6, 6.07) is 17.6. The van der Waals surface area contributed by atoms with Gasteiger partial charge in [-0.2, -0.15) is 9.29 Å². The van der Waals surface area contributed by atoms with Crippen LogP contribution in [0.4, 0.5) is 23.4 Å². The molecule has 0 saturated carbocycles. The van der Waals surface area contributed by atoms with Crippen molar-refractivity contribution < 1.29 is 27.4 Å². The van der Waals surface area contributed by atoms with Gasteiger partial charge in [-0.05, 0) is 47.9 Å². The SMILES string of the molecule is COc1ccc(CN(Cc2ccc(OC)cc2)c2ncc(-c3nc(N4CCOCC4)nc4c3CCN4c3cncc(S(=O)(=O)N4CCOCC4)c3)cn2)cc1. The molecule has 0 unspecified atom stereocenters. The maximum Gasteiger partial charge on any atom is 0.244 e. The van der Waals surface area contributed by atoms with Gasteiger partial charge in [0.25, 0.3) is 0 Å². The second-order valence-electron chi connectivity index (χ2n) is 13.4. The fraction of sp³-hybridized carbons (Fsp3) is 0.359. The molecular weight excluding hydrogens is 723 g/mol. The molecule has 8 rings (SSSR count). The lowest BCUT2D eigenvalue weighted by Gasteiger charge is -2.28. The van der Waals surface area contributed by atoms with E-state index in [1.54, 1.807) is 26.5 Å². The number of hydrogen-bond donors (Lipinski definition) is 0. The second kappa shape index (κ2) is 16.1. The van der Waals surface area contributed by atoms with Crippen LogP contribution in [0.3, 0.4) is 0 Å². The Morgan fingerprint density at radius 2 is 1.35 bits per heavy atom. The molecule has 3 aromatic heterocycles. The summed E-state index contributed by atoms with van der Waals surface area (Å²) in [4.78, 5) is 30.8. The molecular formula is C39H43N9O6S. The normalized spacial score (nSPS) is 16.2. The van der Waals surface area contributed by atoms with Gasteiger partial charge in [0.1, 0.15) is 22.2 Å². The summed E-state index contributed by atoms with van der Waals surface area (Å²) in [5.41, 5.74) is 5.24. The quantitative estimate of drug-likeness (QED) is 0.179. The van der Waals surface area contributed by atoms with Crippen LogP contribution in [0.1, 0.15) is 16.7 Å². The molecule has 0 bridgehead atoms. The van der Waals surface area contributed by atoms with E-state index in [2.05, 4.69) is 14.8 Å². The Kier molecular flexibility index (Phi) is 10.7. The van der Waals surface area contributed by atoms with Gasteiger partial charge in [-0.1, -0.05) is 24.3 Å². The van der Waals surface area contributed by atoms with Crippen molar-refractivity contribution in [1.82, 2.24) is 29.2 Å². The number of benzene rings is 2. The number of fused-ring (bicyclic) bond motifs is 1. The minimum absolute atomic E-state index is 0.140. The number of nitrogens with zero attached hydrogens (tertiary/aromatic N) is 9. The van der Waals surface area contributed by atoms with Crippen LogP contribution in [0.5, 0.6) is 11.5 Å². The molecule has 3 aliphatic rings. The molecule has 0 aliphatic carbocycles. The van der Waals surface area contributed by atoms with Crippen molar-refractivity contribution in [1.29, 1.82) is 0 Å². The van der Waals surface area contributed by atoms with Crippen LogP contribution >= 0.6 is 0 Å².